The minimum atomic E-state index is -1.03. The van der Waals surface area contributed by atoms with E-state index in [4.69, 9.17) is 15.3 Å². The van der Waals surface area contributed by atoms with Crippen molar-refractivity contribution in [3.63, 3.8) is 0 Å². The van der Waals surface area contributed by atoms with Crippen LogP contribution in [0.5, 0.6) is 0 Å². The molecule has 1 rings (SSSR count). The Kier molecular flexibility index (Phi) is 5.95. The number of carboxylic acids is 1. The lowest BCUT2D eigenvalue weighted by molar-refractivity contribution is 0.0697. The third kappa shape index (κ3) is 4.22. The number of amides is 2. The van der Waals surface area contributed by atoms with Crippen molar-refractivity contribution < 1.29 is 24.9 Å². The molecule has 0 saturated carbocycles. The van der Waals surface area contributed by atoms with E-state index >= 15 is 0 Å². The number of carbonyl (C=O) groups excluding carboxylic acids is 1. The quantitative estimate of drug-likeness (QED) is 0.607. The first-order valence-electron chi connectivity index (χ1n) is 6.11. The van der Waals surface area contributed by atoms with E-state index in [0.29, 0.717) is 11.3 Å². The molecular weight excluding hydrogens is 264 g/mol. The summed E-state index contributed by atoms with van der Waals surface area (Å²) in [5.41, 5.74) is 1.25. The van der Waals surface area contributed by atoms with E-state index in [-0.39, 0.29) is 31.9 Å². The highest BCUT2D eigenvalue weighted by Gasteiger charge is 2.14. The fraction of sp³-hybridized carbons (Fsp3) is 0.385. The number of urea groups is 1. The normalized spacial score (nSPS) is 10.2. The highest BCUT2D eigenvalue weighted by molar-refractivity contribution is 5.92. The molecule has 0 saturated heterocycles. The monoisotopic (exact) mass is 282 g/mol. The van der Waals surface area contributed by atoms with Crippen LogP contribution in [-0.4, -0.2) is 58.5 Å². The van der Waals surface area contributed by atoms with Crippen LogP contribution in [0.4, 0.5) is 10.5 Å². The molecule has 4 N–H and O–H groups in total. The summed E-state index contributed by atoms with van der Waals surface area (Å²) in [4.78, 5) is 24.0. The van der Waals surface area contributed by atoms with Crippen molar-refractivity contribution in [2.75, 3.05) is 31.6 Å². The van der Waals surface area contributed by atoms with Gasteiger partial charge in [-0.2, -0.15) is 0 Å². The van der Waals surface area contributed by atoms with Gasteiger partial charge in [0.25, 0.3) is 0 Å². The van der Waals surface area contributed by atoms with Gasteiger partial charge in [0.15, 0.2) is 0 Å². The van der Waals surface area contributed by atoms with Crippen LogP contribution >= 0.6 is 0 Å². The summed E-state index contributed by atoms with van der Waals surface area (Å²) in [6.07, 6.45) is 0. The molecule has 7 heteroatoms. The van der Waals surface area contributed by atoms with Crippen LogP contribution in [0.1, 0.15) is 15.9 Å². The van der Waals surface area contributed by atoms with Crippen LogP contribution in [0.3, 0.4) is 0 Å². The first-order chi connectivity index (χ1) is 9.49. The smallest absolute Gasteiger partial charge is 0.335 e. The van der Waals surface area contributed by atoms with Gasteiger partial charge in [0.05, 0.1) is 18.8 Å². The van der Waals surface area contributed by atoms with Gasteiger partial charge in [-0.1, -0.05) is 0 Å². The Morgan fingerprint density at radius 3 is 2.25 bits per heavy atom. The number of hydrogen-bond acceptors (Lipinski definition) is 4. The zero-order valence-electron chi connectivity index (χ0n) is 11.2. The molecule has 0 fully saturated rings. The van der Waals surface area contributed by atoms with E-state index in [1.54, 1.807) is 6.92 Å². The third-order valence-electron chi connectivity index (χ3n) is 2.74. The third-order valence-corrected chi connectivity index (χ3v) is 2.74. The predicted molar refractivity (Wildman–Crippen MR) is 72.9 cm³/mol. The van der Waals surface area contributed by atoms with Gasteiger partial charge >= 0.3 is 12.0 Å². The first-order valence-corrected chi connectivity index (χ1v) is 6.11. The topological polar surface area (TPSA) is 110 Å². The van der Waals surface area contributed by atoms with E-state index in [0.717, 1.165) is 0 Å². The van der Waals surface area contributed by atoms with Gasteiger partial charge in [-0.3, -0.25) is 0 Å². The first kappa shape index (κ1) is 15.9. The average molecular weight is 282 g/mol. The number of anilines is 1. The standard InChI is InChI=1S/C13H18N2O5/c1-9-8-10(12(18)19)2-3-11(9)14-13(20)15(4-6-16)5-7-17/h2-3,8,16-17H,4-7H2,1H3,(H,14,20)(H,18,19). The van der Waals surface area contributed by atoms with Crippen molar-refractivity contribution in [1.29, 1.82) is 0 Å². The number of aryl methyl sites for hydroxylation is 1. The molecule has 0 aliphatic heterocycles. The number of benzene rings is 1. The lowest BCUT2D eigenvalue weighted by atomic mass is 10.1. The molecule has 0 unspecified atom stereocenters. The van der Waals surface area contributed by atoms with E-state index in [1.165, 1.54) is 23.1 Å². The van der Waals surface area contributed by atoms with Gasteiger partial charge in [0, 0.05) is 18.8 Å². The summed E-state index contributed by atoms with van der Waals surface area (Å²) in [5, 5.41) is 29.2. The fourth-order valence-corrected chi connectivity index (χ4v) is 1.69. The highest BCUT2D eigenvalue weighted by atomic mass is 16.4. The van der Waals surface area contributed by atoms with Crippen molar-refractivity contribution in [1.82, 2.24) is 4.90 Å². The molecule has 2 amide bonds. The van der Waals surface area contributed by atoms with Crippen molar-refractivity contribution >= 4 is 17.7 Å². The summed E-state index contributed by atoms with van der Waals surface area (Å²) in [7, 11) is 0. The number of aliphatic hydroxyl groups is 2. The molecule has 0 radical (unpaired) electrons. The Hall–Kier alpha value is -2.12. The summed E-state index contributed by atoms with van der Waals surface area (Å²) in [6.45, 7) is 1.50. The molecule has 0 atom stereocenters. The molecule has 1 aromatic carbocycles. The van der Waals surface area contributed by atoms with Crippen molar-refractivity contribution in [2.24, 2.45) is 0 Å². The Morgan fingerprint density at radius 2 is 1.80 bits per heavy atom. The Labute approximate surface area is 116 Å². The van der Waals surface area contributed by atoms with Crippen LogP contribution in [0, 0.1) is 6.92 Å². The van der Waals surface area contributed by atoms with E-state index in [1.807, 2.05) is 0 Å². The molecule has 20 heavy (non-hydrogen) atoms. The Balaban J connectivity index is 2.81. The van der Waals surface area contributed by atoms with Crippen LogP contribution in [0.2, 0.25) is 0 Å². The predicted octanol–water partition coefficient (Wildman–Crippen LogP) is 0.512. The Morgan fingerprint density at radius 1 is 1.20 bits per heavy atom. The van der Waals surface area contributed by atoms with Crippen LogP contribution in [0.25, 0.3) is 0 Å². The number of aliphatic hydroxyl groups excluding tert-OH is 2. The zero-order chi connectivity index (χ0) is 15.1. The lowest BCUT2D eigenvalue weighted by Crippen LogP contribution is -2.39. The summed E-state index contributed by atoms with van der Waals surface area (Å²) in [6, 6.07) is 3.90. The number of nitrogens with zero attached hydrogens (tertiary/aromatic N) is 1. The van der Waals surface area contributed by atoms with Crippen LogP contribution < -0.4 is 5.32 Å². The number of rotatable bonds is 6. The fourth-order valence-electron chi connectivity index (χ4n) is 1.69. The summed E-state index contributed by atoms with van der Waals surface area (Å²) >= 11 is 0. The van der Waals surface area contributed by atoms with E-state index in [2.05, 4.69) is 5.32 Å². The molecule has 0 aliphatic carbocycles. The number of aromatic carboxylic acids is 1. The number of carboxylic acid groups (broad SMARTS) is 1. The molecular formula is C13H18N2O5. The molecule has 1 aromatic rings. The number of hydrogen-bond donors (Lipinski definition) is 4. The minimum absolute atomic E-state index is 0.110. The van der Waals surface area contributed by atoms with Gasteiger partial charge in [-0.05, 0) is 30.7 Å². The summed E-state index contributed by atoms with van der Waals surface area (Å²) in [5.74, 6) is -1.03. The number of nitrogens with one attached hydrogen (secondary N) is 1. The second kappa shape index (κ2) is 7.46. The molecule has 0 heterocycles. The zero-order valence-corrected chi connectivity index (χ0v) is 11.2. The van der Waals surface area contributed by atoms with E-state index < -0.39 is 12.0 Å². The summed E-state index contributed by atoms with van der Waals surface area (Å²) < 4.78 is 0. The molecule has 0 aliphatic rings. The van der Waals surface area contributed by atoms with Crippen molar-refractivity contribution in [3.8, 4) is 0 Å². The molecule has 0 bridgehead atoms. The van der Waals surface area contributed by atoms with Gasteiger partial charge in [-0.15, -0.1) is 0 Å². The maximum Gasteiger partial charge on any atom is 0.335 e. The second-order valence-electron chi connectivity index (χ2n) is 4.20. The molecule has 7 nitrogen and oxygen atoms in total. The van der Waals surface area contributed by atoms with Crippen LogP contribution in [-0.2, 0) is 0 Å². The lowest BCUT2D eigenvalue weighted by Gasteiger charge is -2.21. The Bertz CT molecular complexity index is 484. The minimum Gasteiger partial charge on any atom is -0.478 e. The largest absolute Gasteiger partial charge is 0.478 e. The maximum atomic E-state index is 11.9. The molecule has 0 aromatic heterocycles. The van der Waals surface area contributed by atoms with Crippen molar-refractivity contribution in [2.45, 2.75) is 6.92 Å². The number of carbonyl (C=O) groups is 2. The van der Waals surface area contributed by atoms with Gasteiger partial charge in [-0.25, -0.2) is 9.59 Å². The van der Waals surface area contributed by atoms with Gasteiger partial charge in [0.2, 0.25) is 0 Å². The van der Waals surface area contributed by atoms with Gasteiger partial charge in [0.1, 0.15) is 0 Å². The molecule has 110 valence electrons. The van der Waals surface area contributed by atoms with E-state index in [9.17, 15) is 9.59 Å². The van der Waals surface area contributed by atoms with Crippen molar-refractivity contribution in [3.05, 3.63) is 29.3 Å². The highest BCUT2D eigenvalue weighted by Crippen LogP contribution is 2.17. The SMILES string of the molecule is Cc1cc(C(=O)O)ccc1NC(=O)N(CCO)CCO. The molecule has 0 spiro atoms. The van der Waals surface area contributed by atoms with Gasteiger partial charge < -0.3 is 25.5 Å². The second-order valence-corrected chi connectivity index (χ2v) is 4.20. The maximum absolute atomic E-state index is 11.9. The average Bonchev–Trinajstić information content (AvgIpc) is 2.40. The van der Waals surface area contributed by atoms with Crippen LogP contribution in [0.15, 0.2) is 18.2 Å².